The van der Waals surface area contributed by atoms with Crippen LogP contribution in [0.15, 0.2) is 22.7 Å². The van der Waals surface area contributed by atoms with Gasteiger partial charge in [-0.3, -0.25) is 0 Å². The molecule has 1 rings (SSSR count). The zero-order chi connectivity index (χ0) is 12.0. The van der Waals surface area contributed by atoms with Crippen molar-refractivity contribution in [3.05, 3.63) is 34.1 Å². The zero-order valence-electron chi connectivity index (χ0n) is 9.59. The highest BCUT2D eigenvalue weighted by Gasteiger charge is 2.08. The summed E-state index contributed by atoms with van der Waals surface area (Å²) in [6.45, 7) is 3.09. The number of rotatable bonds is 6. The standard InChI is InChI=1S/C12H17BrFNS/c1-9(15-6-3-7-16-2)11-5-4-10(14)8-12(11)13/h4-5,8-9,15H,3,6-7H2,1-2H3. The molecule has 16 heavy (non-hydrogen) atoms. The maximum absolute atomic E-state index is 12.9. The third kappa shape index (κ3) is 4.44. The fourth-order valence-electron chi connectivity index (χ4n) is 1.50. The molecule has 1 N–H and O–H groups in total. The van der Waals surface area contributed by atoms with E-state index in [0.717, 1.165) is 23.0 Å². The van der Waals surface area contributed by atoms with Crippen LogP contribution >= 0.6 is 27.7 Å². The summed E-state index contributed by atoms with van der Waals surface area (Å²) in [5.41, 5.74) is 1.10. The molecule has 1 aromatic carbocycles. The summed E-state index contributed by atoms with van der Waals surface area (Å²) in [5.74, 6) is 0.967. The van der Waals surface area contributed by atoms with E-state index in [1.807, 2.05) is 17.8 Å². The zero-order valence-corrected chi connectivity index (χ0v) is 12.0. The molecule has 1 nitrogen and oxygen atoms in total. The van der Waals surface area contributed by atoms with Gasteiger partial charge in [0.1, 0.15) is 5.82 Å². The van der Waals surface area contributed by atoms with E-state index in [9.17, 15) is 4.39 Å². The minimum absolute atomic E-state index is 0.204. The van der Waals surface area contributed by atoms with Crippen molar-refractivity contribution in [2.45, 2.75) is 19.4 Å². The van der Waals surface area contributed by atoms with Crippen LogP contribution in [0.4, 0.5) is 4.39 Å². The van der Waals surface area contributed by atoms with E-state index < -0.39 is 0 Å². The second kappa shape index (κ2) is 7.30. The van der Waals surface area contributed by atoms with Crippen LogP contribution in [-0.2, 0) is 0 Å². The van der Waals surface area contributed by atoms with Crippen LogP contribution < -0.4 is 5.32 Å². The Morgan fingerprint density at radius 3 is 2.88 bits per heavy atom. The van der Waals surface area contributed by atoms with Crippen molar-refractivity contribution in [1.82, 2.24) is 5.32 Å². The fraction of sp³-hybridized carbons (Fsp3) is 0.500. The Morgan fingerprint density at radius 2 is 2.25 bits per heavy atom. The van der Waals surface area contributed by atoms with Crippen LogP contribution in [0.1, 0.15) is 24.9 Å². The first-order valence-corrected chi connectivity index (χ1v) is 7.51. The quantitative estimate of drug-likeness (QED) is 0.798. The van der Waals surface area contributed by atoms with Crippen LogP contribution in [0.2, 0.25) is 0 Å². The van der Waals surface area contributed by atoms with Crippen LogP contribution in [-0.4, -0.2) is 18.6 Å². The van der Waals surface area contributed by atoms with E-state index in [2.05, 4.69) is 34.4 Å². The molecule has 0 radical (unpaired) electrons. The van der Waals surface area contributed by atoms with E-state index in [-0.39, 0.29) is 11.9 Å². The summed E-state index contributed by atoms with van der Waals surface area (Å²) in [4.78, 5) is 0. The van der Waals surface area contributed by atoms with Gasteiger partial charge in [-0.1, -0.05) is 22.0 Å². The smallest absolute Gasteiger partial charge is 0.124 e. The van der Waals surface area contributed by atoms with Crippen molar-refractivity contribution in [1.29, 1.82) is 0 Å². The molecule has 0 amide bonds. The first-order chi connectivity index (χ1) is 7.65. The third-order valence-corrected chi connectivity index (χ3v) is 3.79. The highest BCUT2D eigenvalue weighted by Crippen LogP contribution is 2.24. The van der Waals surface area contributed by atoms with Gasteiger partial charge in [-0.15, -0.1) is 0 Å². The summed E-state index contributed by atoms with van der Waals surface area (Å²) < 4.78 is 13.7. The molecule has 0 saturated heterocycles. The number of thioether (sulfide) groups is 1. The molecule has 1 aromatic rings. The van der Waals surface area contributed by atoms with Gasteiger partial charge in [0.15, 0.2) is 0 Å². The summed E-state index contributed by atoms with van der Waals surface area (Å²) in [7, 11) is 0. The Labute approximate surface area is 109 Å². The van der Waals surface area contributed by atoms with Gasteiger partial charge in [-0.25, -0.2) is 4.39 Å². The van der Waals surface area contributed by atoms with Gasteiger partial charge in [-0.2, -0.15) is 11.8 Å². The predicted molar refractivity (Wildman–Crippen MR) is 73.5 cm³/mol. The fourth-order valence-corrected chi connectivity index (χ4v) is 2.62. The minimum atomic E-state index is -0.204. The molecule has 90 valence electrons. The first kappa shape index (κ1) is 14.0. The number of nitrogens with one attached hydrogen (secondary N) is 1. The molecule has 0 aromatic heterocycles. The van der Waals surface area contributed by atoms with Gasteiger partial charge >= 0.3 is 0 Å². The molecule has 0 aliphatic heterocycles. The number of benzene rings is 1. The summed E-state index contributed by atoms with van der Waals surface area (Å²) in [6.07, 6.45) is 3.27. The molecular weight excluding hydrogens is 289 g/mol. The van der Waals surface area contributed by atoms with Crippen LogP contribution in [0.5, 0.6) is 0 Å². The topological polar surface area (TPSA) is 12.0 Å². The van der Waals surface area contributed by atoms with E-state index in [1.54, 1.807) is 0 Å². The van der Waals surface area contributed by atoms with Gasteiger partial charge in [0.25, 0.3) is 0 Å². The largest absolute Gasteiger partial charge is 0.310 e. The maximum Gasteiger partial charge on any atom is 0.124 e. The van der Waals surface area contributed by atoms with Crippen LogP contribution in [0, 0.1) is 5.82 Å². The van der Waals surface area contributed by atoms with Crippen molar-refractivity contribution in [2.24, 2.45) is 0 Å². The monoisotopic (exact) mass is 305 g/mol. The summed E-state index contributed by atoms with van der Waals surface area (Å²) in [6, 6.07) is 5.08. The highest BCUT2D eigenvalue weighted by molar-refractivity contribution is 9.10. The van der Waals surface area contributed by atoms with Crippen molar-refractivity contribution >= 4 is 27.7 Å². The average molecular weight is 306 g/mol. The van der Waals surface area contributed by atoms with Gasteiger partial charge in [0, 0.05) is 10.5 Å². The van der Waals surface area contributed by atoms with Crippen molar-refractivity contribution < 1.29 is 4.39 Å². The molecule has 0 spiro atoms. The Bertz CT molecular complexity index is 333. The lowest BCUT2D eigenvalue weighted by Crippen LogP contribution is -2.20. The summed E-state index contributed by atoms with van der Waals surface area (Å²) >= 11 is 5.24. The molecule has 0 aliphatic carbocycles. The molecule has 4 heteroatoms. The Balaban J connectivity index is 2.49. The number of hydrogen-bond acceptors (Lipinski definition) is 2. The van der Waals surface area contributed by atoms with Gasteiger partial charge < -0.3 is 5.32 Å². The lowest BCUT2D eigenvalue weighted by molar-refractivity contribution is 0.567. The van der Waals surface area contributed by atoms with Crippen LogP contribution in [0.3, 0.4) is 0 Å². The molecular formula is C12H17BrFNS. The molecule has 0 bridgehead atoms. The molecule has 0 saturated carbocycles. The molecule has 1 unspecified atom stereocenters. The lowest BCUT2D eigenvalue weighted by atomic mass is 10.1. The number of hydrogen-bond donors (Lipinski definition) is 1. The van der Waals surface area contributed by atoms with Crippen molar-refractivity contribution in [3.63, 3.8) is 0 Å². The first-order valence-electron chi connectivity index (χ1n) is 5.32. The Hall–Kier alpha value is -0.0600. The molecule has 0 heterocycles. The third-order valence-electron chi connectivity index (χ3n) is 2.40. The average Bonchev–Trinajstić information content (AvgIpc) is 2.24. The van der Waals surface area contributed by atoms with Crippen molar-refractivity contribution in [2.75, 3.05) is 18.6 Å². The molecule has 0 fully saturated rings. The predicted octanol–water partition coefficient (Wildman–Crippen LogP) is 3.99. The van der Waals surface area contributed by atoms with Gasteiger partial charge in [0.2, 0.25) is 0 Å². The second-order valence-corrected chi connectivity index (χ2v) is 5.53. The van der Waals surface area contributed by atoms with Gasteiger partial charge in [-0.05, 0) is 49.6 Å². The molecule has 1 atom stereocenters. The SMILES string of the molecule is CSCCCNC(C)c1ccc(F)cc1Br. The Morgan fingerprint density at radius 1 is 1.50 bits per heavy atom. The number of halogens is 2. The van der Waals surface area contributed by atoms with E-state index in [1.165, 1.54) is 17.9 Å². The highest BCUT2D eigenvalue weighted by atomic mass is 79.9. The van der Waals surface area contributed by atoms with E-state index in [0.29, 0.717) is 0 Å². The summed E-state index contributed by atoms with van der Waals surface area (Å²) in [5, 5.41) is 3.43. The van der Waals surface area contributed by atoms with E-state index in [4.69, 9.17) is 0 Å². The van der Waals surface area contributed by atoms with Gasteiger partial charge in [0.05, 0.1) is 0 Å². The second-order valence-electron chi connectivity index (χ2n) is 3.69. The molecule has 0 aliphatic rings. The van der Waals surface area contributed by atoms with Crippen molar-refractivity contribution in [3.8, 4) is 0 Å². The van der Waals surface area contributed by atoms with E-state index >= 15 is 0 Å². The maximum atomic E-state index is 12.9. The minimum Gasteiger partial charge on any atom is -0.310 e. The van der Waals surface area contributed by atoms with Crippen LogP contribution in [0.25, 0.3) is 0 Å². The normalized spacial score (nSPS) is 12.8. The lowest BCUT2D eigenvalue weighted by Gasteiger charge is -2.15. The Kier molecular flexibility index (Phi) is 6.39.